The zero-order chi connectivity index (χ0) is 16.1. The third kappa shape index (κ3) is 4.14. The summed E-state index contributed by atoms with van der Waals surface area (Å²) in [7, 11) is 2.21. The highest BCUT2D eigenvalue weighted by Crippen LogP contribution is 2.24. The molecule has 0 N–H and O–H groups in total. The molecule has 0 radical (unpaired) electrons. The second-order valence-electron chi connectivity index (χ2n) is 6.31. The van der Waals surface area contributed by atoms with Crippen LogP contribution in [0.25, 0.3) is 0 Å². The average Bonchev–Trinajstić information content (AvgIpc) is 3.13. The SMILES string of the molecule is C[C@@H](c1cnccn1)N(C)C1CCN(CCn2cccn2)CC1. The topological polar surface area (TPSA) is 50.1 Å². The van der Waals surface area contributed by atoms with Crippen molar-refractivity contribution in [1.82, 2.24) is 29.5 Å². The van der Waals surface area contributed by atoms with Crippen LogP contribution in [0, 0.1) is 0 Å². The standard InChI is InChI=1S/C17H26N6/c1-15(17-14-18-7-8-19-17)21(2)16-4-10-22(11-5-16)12-13-23-9-3-6-20-23/h3,6-9,14-16H,4-5,10-13H2,1-2H3/t15-/m0/s1. The minimum Gasteiger partial charge on any atom is -0.301 e. The Hall–Kier alpha value is -1.79. The van der Waals surface area contributed by atoms with Crippen molar-refractivity contribution in [3.63, 3.8) is 0 Å². The van der Waals surface area contributed by atoms with E-state index in [-0.39, 0.29) is 0 Å². The van der Waals surface area contributed by atoms with Crippen molar-refractivity contribution in [2.75, 3.05) is 26.7 Å². The lowest BCUT2D eigenvalue weighted by Crippen LogP contribution is -2.45. The Morgan fingerprint density at radius 1 is 1.22 bits per heavy atom. The molecular weight excluding hydrogens is 288 g/mol. The molecule has 2 aromatic heterocycles. The molecule has 0 saturated carbocycles. The molecule has 0 spiro atoms. The summed E-state index contributed by atoms with van der Waals surface area (Å²) in [4.78, 5) is 13.6. The average molecular weight is 314 g/mol. The van der Waals surface area contributed by atoms with Gasteiger partial charge in [-0.15, -0.1) is 0 Å². The third-order valence-electron chi connectivity index (χ3n) is 4.96. The number of aromatic nitrogens is 4. The molecule has 6 heteroatoms. The molecule has 2 aromatic rings. The summed E-state index contributed by atoms with van der Waals surface area (Å²) >= 11 is 0. The number of hydrogen-bond donors (Lipinski definition) is 0. The van der Waals surface area contributed by atoms with Crippen LogP contribution in [0.1, 0.15) is 31.5 Å². The lowest BCUT2D eigenvalue weighted by molar-refractivity contribution is 0.0979. The van der Waals surface area contributed by atoms with E-state index in [1.54, 1.807) is 12.4 Å². The summed E-state index contributed by atoms with van der Waals surface area (Å²) in [6.45, 7) is 6.59. The Morgan fingerprint density at radius 3 is 2.70 bits per heavy atom. The highest BCUT2D eigenvalue weighted by atomic mass is 15.3. The molecular formula is C17H26N6. The maximum atomic E-state index is 4.44. The van der Waals surface area contributed by atoms with Crippen LogP contribution >= 0.6 is 0 Å². The van der Waals surface area contributed by atoms with Crippen LogP contribution in [-0.4, -0.2) is 62.3 Å². The number of piperidine rings is 1. The molecule has 1 saturated heterocycles. The van der Waals surface area contributed by atoms with E-state index in [1.807, 2.05) is 29.3 Å². The van der Waals surface area contributed by atoms with Gasteiger partial charge in [0, 0.05) is 43.6 Å². The van der Waals surface area contributed by atoms with Gasteiger partial charge in [-0.05, 0) is 46.0 Å². The molecule has 1 aliphatic rings. The minimum absolute atomic E-state index is 0.310. The minimum atomic E-state index is 0.310. The fourth-order valence-corrected chi connectivity index (χ4v) is 3.28. The molecule has 0 aliphatic carbocycles. The summed E-state index contributed by atoms with van der Waals surface area (Å²) in [5.41, 5.74) is 1.05. The van der Waals surface area contributed by atoms with Crippen LogP contribution in [0.3, 0.4) is 0 Å². The highest BCUT2D eigenvalue weighted by Gasteiger charge is 2.26. The number of nitrogens with zero attached hydrogens (tertiary/aromatic N) is 6. The van der Waals surface area contributed by atoms with Crippen molar-refractivity contribution in [2.45, 2.75) is 38.4 Å². The molecule has 0 unspecified atom stereocenters. The molecule has 3 heterocycles. The molecule has 1 aliphatic heterocycles. The van der Waals surface area contributed by atoms with Gasteiger partial charge in [-0.25, -0.2) is 0 Å². The molecule has 1 atom stereocenters. The summed E-state index contributed by atoms with van der Waals surface area (Å²) in [5, 5.41) is 4.27. The van der Waals surface area contributed by atoms with Gasteiger partial charge in [0.25, 0.3) is 0 Å². The van der Waals surface area contributed by atoms with Gasteiger partial charge < -0.3 is 4.90 Å². The fraction of sp³-hybridized carbons (Fsp3) is 0.588. The van der Waals surface area contributed by atoms with Crippen LogP contribution in [0.5, 0.6) is 0 Å². The van der Waals surface area contributed by atoms with Crippen LogP contribution in [-0.2, 0) is 6.54 Å². The van der Waals surface area contributed by atoms with Gasteiger partial charge in [0.1, 0.15) is 0 Å². The monoisotopic (exact) mass is 314 g/mol. The van der Waals surface area contributed by atoms with Crippen molar-refractivity contribution >= 4 is 0 Å². The fourth-order valence-electron chi connectivity index (χ4n) is 3.28. The molecule has 124 valence electrons. The van der Waals surface area contributed by atoms with Crippen molar-refractivity contribution in [3.05, 3.63) is 42.7 Å². The Bertz CT molecular complexity index is 562. The van der Waals surface area contributed by atoms with Crippen molar-refractivity contribution in [3.8, 4) is 0 Å². The molecule has 0 bridgehead atoms. The molecule has 6 nitrogen and oxygen atoms in total. The summed E-state index contributed by atoms with van der Waals surface area (Å²) < 4.78 is 2.01. The predicted molar refractivity (Wildman–Crippen MR) is 89.9 cm³/mol. The quantitative estimate of drug-likeness (QED) is 0.814. The van der Waals surface area contributed by atoms with Crippen molar-refractivity contribution in [1.29, 1.82) is 0 Å². The predicted octanol–water partition coefficient (Wildman–Crippen LogP) is 1.83. The van der Waals surface area contributed by atoms with E-state index in [0.29, 0.717) is 12.1 Å². The van der Waals surface area contributed by atoms with E-state index in [1.165, 1.54) is 12.8 Å². The summed E-state index contributed by atoms with van der Waals surface area (Å²) in [5.74, 6) is 0. The normalized spacial score (nSPS) is 18.4. The number of rotatable bonds is 6. The van der Waals surface area contributed by atoms with Gasteiger partial charge in [-0.3, -0.25) is 19.5 Å². The maximum absolute atomic E-state index is 4.44. The first-order valence-electron chi connectivity index (χ1n) is 8.41. The Labute approximate surface area is 138 Å². The van der Waals surface area contributed by atoms with Crippen LogP contribution in [0.2, 0.25) is 0 Å². The van der Waals surface area contributed by atoms with E-state index in [0.717, 1.165) is 31.9 Å². The zero-order valence-corrected chi connectivity index (χ0v) is 14.0. The van der Waals surface area contributed by atoms with Gasteiger partial charge in [0.05, 0.1) is 18.3 Å². The lowest BCUT2D eigenvalue weighted by Gasteiger charge is -2.39. The highest BCUT2D eigenvalue weighted by molar-refractivity contribution is 5.02. The van der Waals surface area contributed by atoms with Gasteiger partial charge in [0.15, 0.2) is 0 Å². The third-order valence-corrected chi connectivity index (χ3v) is 4.96. The molecule has 1 fully saturated rings. The van der Waals surface area contributed by atoms with Crippen LogP contribution < -0.4 is 0 Å². The second kappa shape index (κ2) is 7.66. The van der Waals surface area contributed by atoms with Crippen molar-refractivity contribution < 1.29 is 0 Å². The van der Waals surface area contributed by atoms with Gasteiger partial charge in [0.2, 0.25) is 0 Å². The molecule has 0 aromatic carbocycles. The Kier molecular flexibility index (Phi) is 5.35. The Balaban J connectivity index is 1.46. The Morgan fingerprint density at radius 2 is 2.04 bits per heavy atom. The lowest BCUT2D eigenvalue weighted by atomic mass is 10.0. The van der Waals surface area contributed by atoms with E-state index in [2.05, 4.69) is 38.8 Å². The molecule has 3 rings (SSSR count). The van der Waals surface area contributed by atoms with Crippen molar-refractivity contribution in [2.24, 2.45) is 0 Å². The first-order valence-corrected chi connectivity index (χ1v) is 8.41. The number of hydrogen-bond acceptors (Lipinski definition) is 5. The maximum Gasteiger partial charge on any atom is 0.0755 e. The zero-order valence-electron chi connectivity index (χ0n) is 14.0. The van der Waals surface area contributed by atoms with Gasteiger partial charge in [-0.1, -0.05) is 0 Å². The van der Waals surface area contributed by atoms with E-state index in [4.69, 9.17) is 0 Å². The second-order valence-corrected chi connectivity index (χ2v) is 6.31. The first-order chi connectivity index (χ1) is 11.2. The van der Waals surface area contributed by atoms with Crippen LogP contribution in [0.15, 0.2) is 37.1 Å². The largest absolute Gasteiger partial charge is 0.301 e. The number of likely N-dealkylation sites (tertiary alicyclic amines) is 1. The summed E-state index contributed by atoms with van der Waals surface area (Å²) in [6.07, 6.45) is 11.7. The first kappa shape index (κ1) is 16.1. The van der Waals surface area contributed by atoms with Crippen LogP contribution in [0.4, 0.5) is 0 Å². The van der Waals surface area contributed by atoms with E-state index < -0.39 is 0 Å². The molecule has 0 amide bonds. The smallest absolute Gasteiger partial charge is 0.0755 e. The van der Waals surface area contributed by atoms with Gasteiger partial charge >= 0.3 is 0 Å². The van der Waals surface area contributed by atoms with Gasteiger partial charge in [-0.2, -0.15) is 5.10 Å². The summed E-state index contributed by atoms with van der Waals surface area (Å²) in [6, 6.07) is 2.91. The molecule has 23 heavy (non-hydrogen) atoms. The van der Waals surface area contributed by atoms with E-state index >= 15 is 0 Å². The van der Waals surface area contributed by atoms with E-state index in [9.17, 15) is 0 Å².